The van der Waals surface area contributed by atoms with E-state index in [0.717, 1.165) is 0 Å². The van der Waals surface area contributed by atoms with Crippen molar-refractivity contribution in [2.24, 2.45) is 11.7 Å². The van der Waals surface area contributed by atoms with Gasteiger partial charge in [-0.1, -0.05) is 30.4 Å². The summed E-state index contributed by atoms with van der Waals surface area (Å²) >= 11 is 4.96. The van der Waals surface area contributed by atoms with Crippen LogP contribution in [0.5, 0.6) is 0 Å². The predicted octanol–water partition coefficient (Wildman–Crippen LogP) is 0.700. The lowest BCUT2D eigenvalue weighted by Crippen LogP contribution is -2.39. The Bertz CT molecular complexity index is 434. The zero-order valence-corrected chi connectivity index (χ0v) is 9.99. The molecule has 0 radical (unpaired) electrons. The molecule has 0 aliphatic rings. The highest BCUT2D eigenvalue weighted by Gasteiger charge is 2.30. The average molecular weight is 252 g/mol. The van der Waals surface area contributed by atoms with Crippen molar-refractivity contribution >= 4 is 34.8 Å². The third kappa shape index (κ3) is 3.53. The van der Waals surface area contributed by atoms with Gasteiger partial charge in [-0.2, -0.15) is 0 Å². The topological polar surface area (TPSA) is 81.4 Å². The number of methoxy groups -OCH3 is 1. The molecule has 17 heavy (non-hydrogen) atoms. The summed E-state index contributed by atoms with van der Waals surface area (Å²) in [6.07, 6.45) is 0. The zero-order valence-electron chi connectivity index (χ0n) is 9.17. The molecular weight excluding hydrogens is 240 g/mol. The summed E-state index contributed by atoms with van der Waals surface area (Å²) in [5.74, 6) is -2.88. The number of esters is 1. The second kappa shape index (κ2) is 5.95. The van der Waals surface area contributed by atoms with Crippen molar-refractivity contribution in [2.75, 3.05) is 12.4 Å². The minimum absolute atomic E-state index is 0.0237. The fraction of sp³-hybridized carbons (Fsp3) is 0.182. The Hall–Kier alpha value is -1.95. The number of amides is 1. The number of nitrogens with two attached hydrogens (primary N) is 1. The van der Waals surface area contributed by atoms with E-state index in [0.29, 0.717) is 5.69 Å². The molecule has 0 spiro atoms. The molecule has 0 fully saturated rings. The zero-order chi connectivity index (χ0) is 12.8. The number of primary amides is 1. The Balaban J connectivity index is 2.80. The lowest BCUT2D eigenvalue weighted by molar-refractivity contribution is -0.146. The molecule has 1 aromatic rings. The first kappa shape index (κ1) is 13.1. The highest BCUT2D eigenvalue weighted by molar-refractivity contribution is 7.80. The molecule has 1 unspecified atom stereocenters. The fourth-order valence-electron chi connectivity index (χ4n) is 1.21. The van der Waals surface area contributed by atoms with Crippen molar-refractivity contribution in [3.05, 3.63) is 30.3 Å². The first-order chi connectivity index (χ1) is 8.06. The van der Waals surface area contributed by atoms with Gasteiger partial charge in [0.05, 0.1) is 7.11 Å². The normalized spacial score (nSPS) is 11.4. The maximum Gasteiger partial charge on any atom is 0.325 e. The van der Waals surface area contributed by atoms with Gasteiger partial charge in [-0.3, -0.25) is 9.59 Å². The Morgan fingerprint density at radius 3 is 2.41 bits per heavy atom. The molecule has 0 saturated carbocycles. The van der Waals surface area contributed by atoms with Crippen LogP contribution in [0.2, 0.25) is 0 Å². The van der Waals surface area contributed by atoms with E-state index < -0.39 is 17.8 Å². The highest BCUT2D eigenvalue weighted by Crippen LogP contribution is 2.10. The second-order valence-electron chi connectivity index (χ2n) is 3.21. The van der Waals surface area contributed by atoms with Crippen molar-refractivity contribution in [1.82, 2.24) is 0 Å². The molecule has 1 aromatic carbocycles. The number of para-hydroxylation sites is 1. The molecule has 1 atom stereocenters. The summed E-state index contributed by atoms with van der Waals surface area (Å²) in [6.45, 7) is 0. The molecule has 0 bridgehead atoms. The maximum atomic E-state index is 11.3. The number of carbonyl (C=O) groups excluding carboxylic acids is 2. The molecule has 1 amide bonds. The van der Waals surface area contributed by atoms with Gasteiger partial charge in [-0.25, -0.2) is 0 Å². The highest BCUT2D eigenvalue weighted by atomic mass is 32.1. The summed E-state index contributed by atoms with van der Waals surface area (Å²) in [7, 11) is 1.17. The van der Waals surface area contributed by atoms with Gasteiger partial charge in [-0.15, -0.1) is 0 Å². The van der Waals surface area contributed by atoms with E-state index in [1.54, 1.807) is 24.3 Å². The molecule has 0 heterocycles. The standard InChI is InChI=1S/C11H12N2O3S/c1-16-11(15)8(9(12)14)10(17)13-7-5-3-2-4-6-7/h2-6,8H,1H3,(H2,12,14)(H,13,17). The van der Waals surface area contributed by atoms with E-state index in [2.05, 4.69) is 10.1 Å². The quantitative estimate of drug-likeness (QED) is 0.468. The van der Waals surface area contributed by atoms with Gasteiger partial charge in [-0.05, 0) is 12.1 Å². The third-order valence-electron chi connectivity index (χ3n) is 2.02. The van der Waals surface area contributed by atoms with Gasteiger partial charge in [0, 0.05) is 5.69 Å². The van der Waals surface area contributed by atoms with Gasteiger partial charge < -0.3 is 15.8 Å². The Morgan fingerprint density at radius 1 is 1.35 bits per heavy atom. The molecule has 0 aromatic heterocycles. The van der Waals surface area contributed by atoms with Crippen LogP contribution in [0.4, 0.5) is 5.69 Å². The van der Waals surface area contributed by atoms with Crippen molar-refractivity contribution in [3.63, 3.8) is 0 Å². The van der Waals surface area contributed by atoms with Crippen molar-refractivity contribution < 1.29 is 14.3 Å². The van der Waals surface area contributed by atoms with Gasteiger partial charge >= 0.3 is 5.97 Å². The van der Waals surface area contributed by atoms with Crippen LogP contribution in [-0.2, 0) is 14.3 Å². The lowest BCUT2D eigenvalue weighted by atomic mass is 10.1. The van der Waals surface area contributed by atoms with Gasteiger partial charge in [0.25, 0.3) is 0 Å². The van der Waals surface area contributed by atoms with Crippen LogP contribution in [-0.4, -0.2) is 24.0 Å². The Kier molecular flexibility index (Phi) is 4.59. The monoisotopic (exact) mass is 252 g/mol. The maximum absolute atomic E-state index is 11.3. The Morgan fingerprint density at radius 2 is 1.94 bits per heavy atom. The lowest BCUT2D eigenvalue weighted by Gasteiger charge is -2.14. The van der Waals surface area contributed by atoms with Crippen LogP contribution < -0.4 is 11.1 Å². The number of ether oxygens (including phenoxy) is 1. The molecule has 90 valence electrons. The summed E-state index contributed by atoms with van der Waals surface area (Å²) in [6, 6.07) is 8.92. The molecular formula is C11H12N2O3S. The SMILES string of the molecule is COC(=O)C(C(N)=O)C(=S)Nc1ccccc1. The minimum atomic E-state index is -1.27. The number of benzene rings is 1. The molecule has 0 saturated heterocycles. The van der Waals surface area contributed by atoms with Crippen LogP contribution in [0.1, 0.15) is 0 Å². The largest absolute Gasteiger partial charge is 0.468 e. The number of carbonyl (C=O) groups is 2. The van der Waals surface area contributed by atoms with Gasteiger partial charge in [0.1, 0.15) is 4.99 Å². The van der Waals surface area contributed by atoms with E-state index in [4.69, 9.17) is 18.0 Å². The summed E-state index contributed by atoms with van der Waals surface area (Å²) in [5.41, 5.74) is 5.77. The van der Waals surface area contributed by atoms with E-state index in [9.17, 15) is 9.59 Å². The summed E-state index contributed by atoms with van der Waals surface area (Å²) in [4.78, 5) is 22.5. The van der Waals surface area contributed by atoms with Crippen LogP contribution in [0.3, 0.4) is 0 Å². The van der Waals surface area contributed by atoms with Crippen LogP contribution in [0, 0.1) is 5.92 Å². The molecule has 5 nitrogen and oxygen atoms in total. The number of thiocarbonyl (C=S) groups is 1. The Labute approximate surface area is 104 Å². The molecule has 0 aliphatic heterocycles. The number of anilines is 1. The van der Waals surface area contributed by atoms with Crippen molar-refractivity contribution in [1.29, 1.82) is 0 Å². The van der Waals surface area contributed by atoms with Crippen LogP contribution >= 0.6 is 12.2 Å². The first-order valence-electron chi connectivity index (χ1n) is 4.79. The van der Waals surface area contributed by atoms with E-state index in [-0.39, 0.29) is 4.99 Å². The number of hydrogen-bond acceptors (Lipinski definition) is 4. The van der Waals surface area contributed by atoms with E-state index >= 15 is 0 Å². The van der Waals surface area contributed by atoms with Gasteiger partial charge in [0.2, 0.25) is 5.91 Å². The van der Waals surface area contributed by atoms with E-state index in [1.165, 1.54) is 7.11 Å². The smallest absolute Gasteiger partial charge is 0.325 e. The molecule has 1 rings (SSSR count). The van der Waals surface area contributed by atoms with Gasteiger partial charge in [0.15, 0.2) is 5.92 Å². The van der Waals surface area contributed by atoms with Crippen LogP contribution in [0.15, 0.2) is 30.3 Å². The molecule has 6 heteroatoms. The summed E-state index contributed by atoms with van der Waals surface area (Å²) < 4.78 is 4.47. The van der Waals surface area contributed by atoms with Crippen molar-refractivity contribution in [3.8, 4) is 0 Å². The first-order valence-corrected chi connectivity index (χ1v) is 5.20. The minimum Gasteiger partial charge on any atom is -0.468 e. The summed E-state index contributed by atoms with van der Waals surface area (Å²) in [5, 5.41) is 2.77. The molecule has 0 aliphatic carbocycles. The van der Waals surface area contributed by atoms with Crippen LogP contribution in [0.25, 0.3) is 0 Å². The fourth-order valence-corrected chi connectivity index (χ4v) is 1.54. The predicted molar refractivity (Wildman–Crippen MR) is 67.4 cm³/mol. The average Bonchev–Trinajstić information content (AvgIpc) is 2.29. The number of rotatable bonds is 4. The number of hydrogen-bond donors (Lipinski definition) is 2. The van der Waals surface area contributed by atoms with Crippen molar-refractivity contribution in [2.45, 2.75) is 0 Å². The third-order valence-corrected chi connectivity index (χ3v) is 2.36. The molecule has 3 N–H and O–H groups in total. The second-order valence-corrected chi connectivity index (χ2v) is 3.65. The number of nitrogens with one attached hydrogen (secondary N) is 1. The van der Waals surface area contributed by atoms with E-state index in [1.807, 2.05) is 6.07 Å².